The molecule has 0 amide bonds. The number of phenolic OH excluding ortho intramolecular Hbond substituents is 1. The van der Waals surface area contributed by atoms with E-state index in [-0.39, 0.29) is 5.75 Å². The summed E-state index contributed by atoms with van der Waals surface area (Å²) in [6.45, 7) is 2.28. The molecule has 0 aromatic heterocycles. The molecule has 0 bridgehead atoms. The molecule has 3 N–H and O–H groups in total. The van der Waals surface area contributed by atoms with Gasteiger partial charge in [0.15, 0.2) is 0 Å². The predicted molar refractivity (Wildman–Crippen MR) is 80.3 cm³/mol. The number of nitrogens with one attached hydrogen (secondary N) is 1. The number of aromatic hydroxyl groups is 1. The van der Waals surface area contributed by atoms with Crippen molar-refractivity contribution < 1.29 is 15.0 Å². The van der Waals surface area contributed by atoms with Gasteiger partial charge in [-0.2, -0.15) is 0 Å². The summed E-state index contributed by atoms with van der Waals surface area (Å²) in [6, 6.07) is 10.8. The normalized spacial score (nSPS) is 19.7. The zero-order valence-corrected chi connectivity index (χ0v) is 11.6. The monoisotopic (exact) mass is 286 g/mol. The molecule has 0 saturated carbocycles. The minimum Gasteiger partial charge on any atom is -0.508 e. The van der Waals surface area contributed by atoms with E-state index >= 15 is 0 Å². The van der Waals surface area contributed by atoms with E-state index < -0.39 is 12.0 Å². The van der Waals surface area contributed by atoms with E-state index in [0.717, 1.165) is 22.9 Å². The van der Waals surface area contributed by atoms with Crippen LogP contribution in [0.2, 0.25) is 0 Å². The fourth-order valence-corrected chi connectivity index (χ4v) is 2.87. The van der Waals surface area contributed by atoms with Crippen molar-refractivity contribution in [2.75, 3.05) is 19.6 Å². The third-order valence-corrected chi connectivity index (χ3v) is 4.02. The zero-order chi connectivity index (χ0) is 14.8. The lowest BCUT2D eigenvalue weighted by Crippen LogP contribution is -2.54. The van der Waals surface area contributed by atoms with Crippen LogP contribution in [0, 0.1) is 0 Å². The van der Waals surface area contributed by atoms with E-state index in [1.54, 1.807) is 6.07 Å². The van der Waals surface area contributed by atoms with Crippen molar-refractivity contribution in [3.8, 4) is 5.75 Å². The van der Waals surface area contributed by atoms with Gasteiger partial charge in [0.05, 0.1) is 0 Å². The first-order chi connectivity index (χ1) is 10.2. The summed E-state index contributed by atoms with van der Waals surface area (Å²) < 4.78 is 0. The van der Waals surface area contributed by atoms with Crippen LogP contribution < -0.4 is 5.32 Å². The SMILES string of the molecule is O=C(O)C1CNCCN1Cc1c(O)ccc2ccccc12. The van der Waals surface area contributed by atoms with Gasteiger partial charge in [-0.3, -0.25) is 9.69 Å². The summed E-state index contributed by atoms with van der Waals surface area (Å²) >= 11 is 0. The Labute approximate surface area is 122 Å². The summed E-state index contributed by atoms with van der Waals surface area (Å²) in [5.41, 5.74) is 0.793. The van der Waals surface area contributed by atoms with E-state index in [9.17, 15) is 15.0 Å². The maximum atomic E-state index is 11.4. The van der Waals surface area contributed by atoms with Gasteiger partial charge >= 0.3 is 5.97 Å². The van der Waals surface area contributed by atoms with Gasteiger partial charge in [0.25, 0.3) is 0 Å². The average Bonchev–Trinajstić information content (AvgIpc) is 2.50. The summed E-state index contributed by atoms with van der Waals surface area (Å²) in [5.74, 6) is -0.613. The fraction of sp³-hybridized carbons (Fsp3) is 0.312. The van der Waals surface area contributed by atoms with Crippen LogP contribution in [0.1, 0.15) is 5.56 Å². The molecule has 1 aliphatic rings. The lowest BCUT2D eigenvalue weighted by Gasteiger charge is -2.33. The number of carboxylic acid groups (broad SMARTS) is 1. The second-order valence-corrected chi connectivity index (χ2v) is 5.31. The van der Waals surface area contributed by atoms with Crippen LogP contribution in [0.5, 0.6) is 5.75 Å². The molecule has 0 spiro atoms. The van der Waals surface area contributed by atoms with Crippen molar-refractivity contribution in [3.05, 3.63) is 42.0 Å². The molecule has 1 heterocycles. The minimum absolute atomic E-state index is 0.219. The highest BCUT2D eigenvalue weighted by molar-refractivity contribution is 5.87. The lowest BCUT2D eigenvalue weighted by atomic mass is 10.0. The Balaban J connectivity index is 1.97. The van der Waals surface area contributed by atoms with Crippen LogP contribution in [0.25, 0.3) is 10.8 Å². The van der Waals surface area contributed by atoms with Gasteiger partial charge < -0.3 is 15.5 Å². The van der Waals surface area contributed by atoms with Gasteiger partial charge in [-0.25, -0.2) is 0 Å². The number of carbonyl (C=O) groups is 1. The first-order valence-electron chi connectivity index (χ1n) is 7.04. The standard InChI is InChI=1S/C16H18N2O3/c19-15-6-5-11-3-1-2-4-12(11)13(15)10-18-8-7-17-9-14(18)16(20)21/h1-6,14,17,19H,7-10H2,(H,20,21). The van der Waals surface area contributed by atoms with Gasteiger partial charge in [0.2, 0.25) is 0 Å². The number of rotatable bonds is 3. The maximum absolute atomic E-state index is 11.4. The van der Waals surface area contributed by atoms with Crippen LogP contribution in [0.3, 0.4) is 0 Å². The zero-order valence-electron chi connectivity index (χ0n) is 11.6. The highest BCUT2D eigenvalue weighted by Gasteiger charge is 2.29. The average molecular weight is 286 g/mol. The number of benzene rings is 2. The molecule has 1 atom stereocenters. The fourth-order valence-electron chi connectivity index (χ4n) is 2.87. The van der Waals surface area contributed by atoms with Crippen molar-refractivity contribution in [3.63, 3.8) is 0 Å². The topological polar surface area (TPSA) is 72.8 Å². The number of fused-ring (bicyclic) bond motifs is 1. The van der Waals surface area contributed by atoms with Crippen LogP contribution >= 0.6 is 0 Å². The molecule has 2 aromatic rings. The molecular formula is C16H18N2O3. The first kappa shape index (κ1) is 13.9. The van der Waals surface area contributed by atoms with Gasteiger partial charge in [-0.1, -0.05) is 30.3 Å². The van der Waals surface area contributed by atoms with E-state index in [2.05, 4.69) is 5.32 Å². The van der Waals surface area contributed by atoms with Crippen LogP contribution in [-0.2, 0) is 11.3 Å². The number of nitrogens with zero attached hydrogens (tertiary/aromatic N) is 1. The Morgan fingerprint density at radius 1 is 1.29 bits per heavy atom. The van der Waals surface area contributed by atoms with Crippen molar-refractivity contribution >= 4 is 16.7 Å². The number of hydrogen-bond donors (Lipinski definition) is 3. The maximum Gasteiger partial charge on any atom is 0.322 e. The Morgan fingerprint density at radius 3 is 2.90 bits per heavy atom. The third-order valence-electron chi connectivity index (χ3n) is 4.02. The van der Waals surface area contributed by atoms with Crippen LogP contribution in [-0.4, -0.2) is 46.8 Å². The quantitative estimate of drug-likeness (QED) is 0.795. The Morgan fingerprint density at radius 2 is 2.10 bits per heavy atom. The molecule has 110 valence electrons. The Hall–Kier alpha value is -2.11. The van der Waals surface area contributed by atoms with Gasteiger partial charge in [0.1, 0.15) is 11.8 Å². The lowest BCUT2D eigenvalue weighted by molar-refractivity contribution is -0.144. The highest BCUT2D eigenvalue weighted by Crippen LogP contribution is 2.29. The second-order valence-electron chi connectivity index (χ2n) is 5.31. The molecule has 5 nitrogen and oxygen atoms in total. The molecule has 0 aliphatic carbocycles. The van der Waals surface area contributed by atoms with E-state index in [0.29, 0.717) is 19.6 Å². The molecule has 1 fully saturated rings. The largest absolute Gasteiger partial charge is 0.508 e. The third kappa shape index (κ3) is 2.70. The minimum atomic E-state index is -0.832. The molecule has 1 aliphatic heterocycles. The van der Waals surface area contributed by atoms with Crippen molar-refractivity contribution in [1.82, 2.24) is 10.2 Å². The molecule has 21 heavy (non-hydrogen) atoms. The van der Waals surface area contributed by atoms with Crippen LogP contribution in [0.4, 0.5) is 0 Å². The van der Waals surface area contributed by atoms with Crippen LogP contribution in [0.15, 0.2) is 36.4 Å². The molecule has 0 radical (unpaired) electrons. The molecule has 1 unspecified atom stereocenters. The van der Waals surface area contributed by atoms with E-state index in [1.165, 1.54) is 0 Å². The number of carboxylic acids is 1. The summed E-state index contributed by atoms with van der Waals surface area (Å²) in [7, 11) is 0. The van der Waals surface area contributed by atoms with E-state index in [1.807, 2.05) is 35.2 Å². The van der Waals surface area contributed by atoms with Gasteiger partial charge in [0, 0.05) is 31.7 Å². The van der Waals surface area contributed by atoms with E-state index in [4.69, 9.17) is 0 Å². The number of hydrogen-bond acceptors (Lipinski definition) is 4. The molecular weight excluding hydrogens is 268 g/mol. The Bertz CT molecular complexity index is 672. The molecule has 1 saturated heterocycles. The molecule has 3 rings (SSSR count). The summed E-state index contributed by atoms with van der Waals surface area (Å²) in [5, 5.41) is 24.6. The second kappa shape index (κ2) is 5.71. The molecule has 5 heteroatoms. The summed E-state index contributed by atoms with van der Waals surface area (Å²) in [6.07, 6.45) is 0. The van der Waals surface area contributed by atoms with Gasteiger partial charge in [-0.15, -0.1) is 0 Å². The predicted octanol–water partition coefficient (Wildman–Crippen LogP) is 1.40. The highest BCUT2D eigenvalue weighted by atomic mass is 16.4. The number of aliphatic carboxylic acids is 1. The smallest absolute Gasteiger partial charge is 0.322 e. The number of phenols is 1. The summed E-state index contributed by atoms with van der Waals surface area (Å²) in [4.78, 5) is 13.3. The van der Waals surface area contributed by atoms with Gasteiger partial charge in [-0.05, 0) is 16.8 Å². The Kier molecular flexibility index (Phi) is 3.77. The molecule has 2 aromatic carbocycles. The first-order valence-corrected chi connectivity index (χ1v) is 7.04. The van der Waals surface area contributed by atoms with Crippen molar-refractivity contribution in [1.29, 1.82) is 0 Å². The van der Waals surface area contributed by atoms with Crippen molar-refractivity contribution in [2.24, 2.45) is 0 Å². The number of piperazine rings is 1. The van der Waals surface area contributed by atoms with Crippen molar-refractivity contribution in [2.45, 2.75) is 12.6 Å².